The summed E-state index contributed by atoms with van der Waals surface area (Å²) in [5.74, 6) is -0.272. The molecule has 0 spiro atoms. The van der Waals surface area contributed by atoms with Crippen LogP contribution < -0.4 is 10.6 Å². The van der Waals surface area contributed by atoms with Gasteiger partial charge in [0.25, 0.3) is 0 Å². The molecule has 0 fully saturated rings. The second kappa shape index (κ2) is 13.1. The molecule has 0 aliphatic heterocycles. The number of carbonyl (C=O) groups is 2. The summed E-state index contributed by atoms with van der Waals surface area (Å²) in [4.78, 5) is 33.0. The standard InChI is InChI=1S/C33H37N5O3/c1-25(39)36-30(37-31(40)41-32(2,3)4)34-22-14-21-29-23-38(24-35-29)33(26-15-8-5-9-16-26,27-17-10-6-11-18-27)28-19-12-7-13-20-28/h5-13,15-20,23-24H,14,21-22H2,1-4H3,(H2,34,36,37,39,40). The minimum absolute atomic E-state index is 0.0635. The number of nitrogens with zero attached hydrogens (tertiary/aromatic N) is 3. The highest BCUT2D eigenvalue weighted by Gasteiger charge is 2.38. The number of benzene rings is 3. The van der Waals surface area contributed by atoms with Crippen molar-refractivity contribution in [3.05, 3.63) is 126 Å². The number of rotatable bonds is 8. The second-order valence-corrected chi connectivity index (χ2v) is 10.7. The Morgan fingerprint density at radius 3 is 1.80 bits per heavy atom. The average molecular weight is 552 g/mol. The van der Waals surface area contributed by atoms with Gasteiger partial charge in [0, 0.05) is 19.7 Å². The van der Waals surface area contributed by atoms with Crippen LogP contribution in [0.1, 0.15) is 56.5 Å². The molecule has 212 valence electrons. The van der Waals surface area contributed by atoms with E-state index in [9.17, 15) is 9.59 Å². The molecule has 2 N–H and O–H groups in total. The van der Waals surface area contributed by atoms with Crippen LogP contribution in [-0.4, -0.2) is 39.7 Å². The van der Waals surface area contributed by atoms with Gasteiger partial charge in [0.05, 0.1) is 12.0 Å². The Morgan fingerprint density at radius 2 is 1.34 bits per heavy atom. The third kappa shape index (κ3) is 7.48. The average Bonchev–Trinajstić information content (AvgIpc) is 3.41. The van der Waals surface area contributed by atoms with Crippen LogP contribution in [-0.2, 0) is 21.5 Å². The van der Waals surface area contributed by atoms with E-state index in [0.717, 1.165) is 22.4 Å². The largest absolute Gasteiger partial charge is 0.444 e. The molecule has 2 amide bonds. The van der Waals surface area contributed by atoms with Gasteiger partial charge in [0.15, 0.2) is 0 Å². The van der Waals surface area contributed by atoms with E-state index in [4.69, 9.17) is 9.72 Å². The van der Waals surface area contributed by atoms with Crippen LogP contribution in [0.5, 0.6) is 0 Å². The Bertz CT molecular complexity index is 1360. The number of ether oxygens (including phenoxy) is 1. The van der Waals surface area contributed by atoms with E-state index >= 15 is 0 Å². The summed E-state index contributed by atoms with van der Waals surface area (Å²) in [5, 5.41) is 5.07. The summed E-state index contributed by atoms with van der Waals surface area (Å²) >= 11 is 0. The number of hydrogen-bond donors (Lipinski definition) is 2. The van der Waals surface area contributed by atoms with Crippen LogP contribution in [0.2, 0.25) is 0 Å². The Labute approximate surface area is 241 Å². The zero-order valence-electron chi connectivity index (χ0n) is 24.0. The highest BCUT2D eigenvalue weighted by molar-refractivity contribution is 6.02. The third-order valence-electron chi connectivity index (χ3n) is 6.37. The van der Waals surface area contributed by atoms with Crippen LogP contribution in [0.15, 0.2) is 109 Å². The lowest BCUT2D eigenvalue weighted by molar-refractivity contribution is -0.117. The van der Waals surface area contributed by atoms with Crippen LogP contribution >= 0.6 is 0 Å². The van der Waals surface area contributed by atoms with E-state index in [0.29, 0.717) is 19.4 Å². The maximum absolute atomic E-state index is 12.2. The van der Waals surface area contributed by atoms with Crippen LogP contribution in [0.4, 0.5) is 4.79 Å². The number of guanidine groups is 1. The lowest BCUT2D eigenvalue weighted by Gasteiger charge is -2.37. The fourth-order valence-corrected chi connectivity index (χ4v) is 4.79. The molecule has 8 nitrogen and oxygen atoms in total. The van der Waals surface area contributed by atoms with Gasteiger partial charge >= 0.3 is 6.09 Å². The number of aryl methyl sites for hydroxylation is 1. The monoisotopic (exact) mass is 551 g/mol. The molecule has 4 aromatic rings. The maximum Gasteiger partial charge on any atom is 0.414 e. The highest BCUT2D eigenvalue weighted by atomic mass is 16.6. The molecule has 0 unspecified atom stereocenters. The predicted molar refractivity (Wildman–Crippen MR) is 161 cm³/mol. The number of carbonyl (C=O) groups excluding carboxylic acids is 2. The first kappa shape index (κ1) is 29.3. The van der Waals surface area contributed by atoms with Crippen molar-refractivity contribution < 1.29 is 14.3 Å². The van der Waals surface area contributed by atoms with Crippen molar-refractivity contribution in [2.45, 2.75) is 51.7 Å². The normalized spacial score (nSPS) is 12.0. The van der Waals surface area contributed by atoms with Crippen LogP contribution in [0.3, 0.4) is 0 Å². The number of amides is 2. The quantitative estimate of drug-likeness (QED) is 0.128. The van der Waals surface area contributed by atoms with Crippen molar-refractivity contribution in [1.82, 2.24) is 20.2 Å². The topological polar surface area (TPSA) is 97.6 Å². The van der Waals surface area contributed by atoms with Gasteiger partial charge in [-0.05, 0) is 50.3 Å². The molecule has 1 heterocycles. The summed E-state index contributed by atoms with van der Waals surface area (Å²) in [6, 6.07) is 31.3. The summed E-state index contributed by atoms with van der Waals surface area (Å²) in [6.07, 6.45) is 4.61. The smallest absolute Gasteiger partial charge is 0.414 e. The Morgan fingerprint density at radius 1 is 0.829 bits per heavy atom. The summed E-state index contributed by atoms with van der Waals surface area (Å²) in [7, 11) is 0. The molecule has 0 bridgehead atoms. The maximum atomic E-state index is 12.2. The van der Waals surface area contributed by atoms with E-state index in [-0.39, 0.29) is 11.9 Å². The first-order valence-electron chi connectivity index (χ1n) is 13.7. The van der Waals surface area contributed by atoms with Crippen molar-refractivity contribution >= 4 is 18.0 Å². The number of nitrogens with one attached hydrogen (secondary N) is 2. The zero-order chi connectivity index (χ0) is 29.3. The Balaban J connectivity index is 1.59. The molecule has 4 rings (SSSR count). The second-order valence-electron chi connectivity index (χ2n) is 10.7. The molecule has 0 saturated carbocycles. The SMILES string of the molecule is CC(=O)NC(=NCCCc1cn(C(c2ccccc2)(c2ccccc2)c2ccccc2)cn1)NC(=O)OC(C)(C)C. The molecule has 8 heteroatoms. The number of aliphatic imine (C=N–C) groups is 1. The molecule has 0 saturated heterocycles. The number of aromatic nitrogens is 2. The fourth-order valence-electron chi connectivity index (χ4n) is 4.79. The fraction of sp³-hybridized carbons (Fsp3) is 0.273. The minimum Gasteiger partial charge on any atom is -0.444 e. The molecular formula is C33H37N5O3. The molecule has 41 heavy (non-hydrogen) atoms. The van der Waals surface area contributed by atoms with E-state index in [1.807, 2.05) is 24.5 Å². The van der Waals surface area contributed by atoms with Gasteiger partial charge in [-0.3, -0.25) is 20.4 Å². The van der Waals surface area contributed by atoms with E-state index < -0.39 is 17.2 Å². The first-order valence-corrected chi connectivity index (χ1v) is 13.7. The van der Waals surface area contributed by atoms with Gasteiger partial charge in [-0.2, -0.15) is 0 Å². The lowest BCUT2D eigenvalue weighted by atomic mass is 9.77. The van der Waals surface area contributed by atoms with Gasteiger partial charge in [-0.15, -0.1) is 0 Å². The zero-order valence-corrected chi connectivity index (χ0v) is 24.0. The summed E-state index contributed by atoms with van der Waals surface area (Å²) in [6.45, 7) is 7.03. The molecule has 3 aromatic carbocycles. The third-order valence-corrected chi connectivity index (χ3v) is 6.37. The summed E-state index contributed by atoms with van der Waals surface area (Å²) < 4.78 is 7.45. The molecule has 0 radical (unpaired) electrons. The highest BCUT2D eigenvalue weighted by Crippen LogP contribution is 2.40. The molecule has 0 aliphatic carbocycles. The lowest BCUT2D eigenvalue weighted by Crippen LogP contribution is -2.45. The molecule has 1 aromatic heterocycles. The Kier molecular flexibility index (Phi) is 9.34. The van der Waals surface area contributed by atoms with Crippen LogP contribution in [0.25, 0.3) is 0 Å². The number of alkyl carbamates (subject to hydrolysis) is 1. The predicted octanol–water partition coefficient (Wildman–Crippen LogP) is 5.67. The van der Waals surface area contributed by atoms with Gasteiger partial charge in [0.1, 0.15) is 11.1 Å². The van der Waals surface area contributed by atoms with Crippen molar-refractivity contribution in [3.8, 4) is 0 Å². The number of hydrogen-bond acceptors (Lipinski definition) is 5. The van der Waals surface area contributed by atoms with Gasteiger partial charge in [0.2, 0.25) is 11.9 Å². The van der Waals surface area contributed by atoms with Crippen molar-refractivity contribution in [2.75, 3.05) is 6.54 Å². The van der Waals surface area contributed by atoms with Gasteiger partial charge < -0.3 is 9.30 Å². The van der Waals surface area contributed by atoms with Crippen molar-refractivity contribution in [2.24, 2.45) is 4.99 Å². The van der Waals surface area contributed by atoms with E-state index in [2.05, 4.69) is 99.2 Å². The summed E-state index contributed by atoms with van der Waals surface area (Å²) in [5.41, 5.74) is 2.99. The van der Waals surface area contributed by atoms with Crippen molar-refractivity contribution in [1.29, 1.82) is 0 Å². The number of imidazole rings is 1. The van der Waals surface area contributed by atoms with E-state index in [1.165, 1.54) is 6.92 Å². The molecule has 0 aliphatic rings. The van der Waals surface area contributed by atoms with Crippen LogP contribution in [0, 0.1) is 0 Å². The molecule has 0 atom stereocenters. The van der Waals surface area contributed by atoms with Gasteiger partial charge in [-0.25, -0.2) is 9.78 Å². The minimum atomic E-state index is -0.678. The van der Waals surface area contributed by atoms with Crippen molar-refractivity contribution in [3.63, 3.8) is 0 Å². The van der Waals surface area contributed by atoms with E-state index in [1.54, 1.807) is 20.8 Å². The first-order chi connectivity index (χ1) is 19.7. The molecular weight excluding hydrogens is 514 g/mol. The van der Waals surface area contributed by atoms with Gasteiger partial charge in [-0.1, -0.05) is 91.0 Å². The Hall–Kier alpha value is -4.72.